The van der Waals surface area contributed by atoms with Crippen molar-refractivity contribution in [2.75, 3.05) is 0 Å². The second-order valence-corrected chi connectivity index (χ2v) is 2.35. The summed E-state index contributed by atoms with van der Waals surface area (Å²) in [4.78, 5) is 0. The predicted octanol–water partition coefficient (Wildman–Crippen LogP) is 2.62. The van der Waals surface area contributed by atoms with Crippen LogP contribution in [0.4, 0.5) is 0 Å². The first-order valence-electron chi connectivity index (χ1n) is 3.47. The van der Waals surface area contributed by atoms with E-state index >= 15 is 0 Å². The van der Waals surface area contributed by atoms with Crippen LogP contribution in [0.25, 0.3) is 5.01 Å². The molecule has 0 saturated carbocycles. The van der Waals surface area contributed by atoms with E-state index in [4.69, 9.17) is 0 Å². The van der Waals surface area contributed by atoms with Crippen LogP contribution in [-0.2, 0) is 0 Å². The summed E-state index contributed by atoms with van der Waals surface area (Å²) in [7, 11) is 0. The average molecular weight is 147 g/mol. The maximum Gasteiger partial charge on any atom is 0.306 e. The van der Waals surface area contributed by atoms with Crippen LogP contribution in [-0.4, -0.2) is 0 Å². The summed E-state index contributed by atoms with van der Waals surface area (Å²) >= 11 is 0. The molecule has 0 bridgehead atoms. The molecule has 0 fully saturated rings. The van der Waals surface area contributed by atoms with Gasteiger partial charge in [0.25, 0.3) is 0 Å². The van der Waals surface area contributed by atoms with Gasteiger partial charge in [-0.3, -0.25) is 0 Å². The maximum atomic E-state index is 9.83. The molecule has 11 heavy (non-hydrogen) atoms. The Balaban J connectivity index is 2.82. The Morgan fingerprint density at radius 3 is 2.55 bits per heavy atom. The van der Waals surface area contributed by atoms with Crippen LogP contribution in [0.3, 0.4) is 0 Å². The van der Waals surface area contributed by atoms with Crippen molar-refractivity contribution in [1.82, 2.24) is 0 Å². The highest BCUT2D eigenvalue weighted by atomic mass is 16.4. The van der Waals surface area contributed by atoms with Crippen LogP contribution in [0.5, 0.6) is 0 Å². The summed E-state index contributed by atoms with van der Waals surface area (Å²) in [6.45, 7) is 1.89. The van der Waals surface area contributed by atoms with E-state index in [0.717, 1.165) is 5.56 Å². The maximum absolute atomic E-state index is 9.83. The summed E-state index contributed by atoms with van der Waals surface area (Å²) in [5.74, 6) is -0.00583. The lowest BCUT2D eigenvalue weighted by molar-refractivity contribution is 1.00. The topological polar surface area (TPSA) is 27.4 Å². The largest absolute Gasteiger partial charge is 0.498 e. The lowest BCUT2D eigenvalue weighted by Crippen LogP contribution is -1.86. The molecule has 0 aliphatic carbocycles. The second kappa shape index (κ2) is 3.62. The molecule has 0 saturated heterocycles. The standard InChI is InChI=1S/C9H9NO/c1-8(7-10-11)9-5-3-2-4-6-9/h2-6,8H,1H3/t8-/m0/s1. The van der Waals surface area contributed by atoms with Crippen LogP contribution in [0.15, 0.2) is 30.3 Å². The van der Waals surface area contributed by atoms with Crippen molar-refractivity contribution in [3.05, 3.63) is 46.1 Å². The van der Waals surface area contributed by atoms with Gasteiger partial charge in [0.05, 0.1) is 0 Å². The fourth-order valence-electron chi connectivity index (χ4n) is 0.895. The zero-order valence-corrected chi connectivity index (χ0v) is 6.32. The Labute approximate surface area is 65.9 Å². The van der Waals surface area contributed by atoms with Gasteiger partial charge >= 0.3 is 6.07 Å². The molecule has 0 unspecified atom stereocenters. The highest BCUT2D eigenvalue weighted by Gasteiger charge is 2.05. The van der Waals surface area contributed by atoms with Gasteiger partial charge in [-0.15, -0.1) is 0 Å². The molecular weight excluding hydrogens is 138 g/mol. The Bertz CT molecular complexity index is 271. The Morgan fingerprint density at radius 1 is 1.36 bits per heavy atom. The molecule has 1 aromatic rings. The highest BCUT2D eigenvalue weighted by molar-refractivity contribution is 5.24. The van der Waals surface area contributed by atoms with Crippen molar-refractivity contribution >= 4 is 0 Å². The molecule has 0 aromatic heterocycles. The molecule has 56 valence electrons. The quantitative estimate of drug-likeness (QED) is 0.561. The smallest absolute Gasteiger partial charge is 0.306 e. The van der Waals surface area contributed by atoms with E-state index < -0.39 is 0 Å². The molecule has 0 aliphatic heterocycles. The molecule has 0 aliphatic rings. The van der Waals surface area contributed by atoms with Crippen molar-refractivity contribution < 1.29 is 0 Å². The van der Waals surface area contributed by atoms with E-state index in [1.165, 1.54) is 0 Å². The third-order valence-corrected chi connectivity index (χ3v) is 1.55. The van der Waals surface area contributed by atoms with Crippen molar-refractivity contribution in [1.29, 1.82) is 0 Å². The molecule has 0 heterocycles. The highest BCUT2D eigenvalue weighted by Crippen LogP contribution is 2.12. The minimum atomic E-state index is -0.00583. The van der Waals surface area contributed by atoms with Gasteiger partial charge in [-0.05, 0) is 12.5 Å². The fraction of sp³-hybridized carbons (Fsp3) is 0.222. The van der Waals surface area contributed by atoms with Gasteiger partial charge in [0.1, 0.15) is 5.92 Å². The molecular formula is C9H9NO. The zero-order chi connectivity index (χ0) is 8.10. The number of hydrogen-bond acceptors (Lipinski definition) is 1. The number of hydrogen-bond donors (Lipinski definition) is 0. The zero-order valence-electron chi connectivity index (χ0n) is 6.32. The molecule has 0 amide bonds. The Morgan fingerprint density at radius 2 is 2.00 bits per heavy atom. The summed E-state index contributed by atoms with van der Waals surface area (Å²) < 4.78 is 0. The van der Waals surface area contributed by atoms with Gasteiger partial charge in [-0.1, -0.05) is 30.3 Å². The first-order chi connectivity index (χ1) is 5.34. The van der Waals surface area contributed by atoms with Gasteiger partial charge in [-0.2, -0.15) is 0 Å². The number of rotatable bonds is 1. The van der Waals surface area contributed by atoms with E-state index in [2.05, 4.69) is 11.1 Å². The lowest BCUT2D eigenvalue weighted by Gasteiger charge is -1.96. The average Bonchev–Trinajstić information content (AvgIpc) is 2.07. The van der Waals surface area contributed by atoms with Gasteiger partial charge in [0, 0.05) is 5.01 Å². The second-order valence-electron chi connectivity index (χ2n) is 2.35. The molecule has 1 aromatic carbocycles. The third-order valence-electron chi connectivity index (χ3n) is 1.55. The van der Waals surface area contributed by atoms with Crippen LogP contribution < -0.4 is 0 Å². The van der Waals surface area contributed by atoms with Crippen LogP contribution in [0, 0.1) is 11.3 Å². The SMILES string of the molecule is C[C@@H](C#[N+][O-])c1ccccc1. The monoisotopic (exact) mass is 147 g/mol. The predicted molar refractivity (Wildman–Crippen MR) is 45.5 cm³/mol. The lowest BCUT2D eigenvalue weighted by atomic mass is 10.0. The van der Waals surface area contributed by atoms with Gasteiger partial charge in [-0.25, -0.2) is 0 Å². The van der Waals surface area contributed by atoms with Gasteiger partial charge in [0.2, 0.25) is 0 Å². The summed E-state index contributed by atoms with van der Waals surface area (Å²) in [6.07, 6.45) is 0. The Hall–Kier alpha value is -1.49. The van der Waals surface area contributed by atoms with E-state index in [0.29, 0.717) is 0 Å². The molecule has 2 nitrogen and oxygen atoms in total. The Kier molecular flexibility index (Phi) is 2.51. The first kappa shape index (κ1) is 7.62. The molecule has 0 radical (unpaired) electrons. The first-order valence-corrected chi connectivity index (χ1v) is 3.47. The summed E-state index contributed by atoms with van der Waals surface area (Å²) in [5, 5.41) is 12.4. The van der Waals surface area contributed by atoms with Crippen molar-refractivity contribution in [3.8, 4) is 6.07 Å². The van der Waals surface area contributed by atoms with Crippen molar-refractivity contribution in [2.24, 2.45) is 0 Å². The fourth-order valence-corrected chi connectivity index (χ4v) is 0.895. The van der Waals surface area contributed by atoms with Gasteiger partial charge < -0.3 is 5.21 Å². The minimum absolute atomic E-state index is 0.00583. The molecule has 1 atom stereocenters. The number of nitrogens with zero attached hydrogens (tertiary/aromatic N) is 1. The summed E-state index contributed by atoms with van der Waals surface area (Å²) in [5.41, 5.74) is 1.06. The molecule has 2 heteroatoms. The van der Waals surface area contributed by atoms with E-state index in [1.54, 1.807) is 0 Å². The molecule has 0 spiro atoms. The third kappa shape index (κ3) is 1.98. The minimum Gasteiger partial charge on any atom is -0.498 e. The van der Waals surface area contributed by atoms with Crippen LogP contribution >= 0.6 is 0 Å². The van der Waals surface area contributed by atoms with Crippen molar-refractivity contribution in [2.45, 2.75) is 12.8 Å². The van der Waals surface area contributed by atoms with E-state index in [1.807, 2.05) is 37.3 Å². The molecule has 1 rings (SSSR count). The summed E-state index contributed by atoms with van der Waals surface area (Å²) in [6, 6.07) is 12.1. The normalized spacial score (nSPS) is 11.4. The van der Waals surface area contributed by atoms with Crippen LogP contribution in [0.1, 0.15) is 18.4 Å². The number of benzene rings is 1. The molecule has 0 N–H and O–H groups in total. The van der Waals surface area contributed by atoms with Crippen LogP contribution in [0.2, 0.25) is 0 Å². The van der Waals surface area contributed by atoms with E-state index in [9.17, 15) is 5.21 Å². The van der Waals surface area contributed by atoms with E-state index in [-0.39, 0.29) is 5.92 Å². The van der Waals surface area contributed by atoms with Crippen molar-refractivity contribution in [3.63, 3.8) is 0 Å². The van der Waals surface area contributed by atoms with Gasteiger partial charge in [0.15, 0.2) is 0 Å².